The first-order valence-corrected chi connectivity index (χ1v) is 6.62. The van der Waals surface area contributed by atoms with Gasteiger partial charge in [-0.05, 0) is 12.8 Å². The number of likely N-dealkylation sites (tertiary alicyclic amines) is 2. The lowest BCUT2D eigenvalue weighted by Gasteiger charge is -2.53. The summed E-state index contributed by atoms with van der Waals surface area (Å²) in [5.41, 5.74) is 10.0. The molecule has 0 bridgehead atoms. The van der Waals surface area contributed by atoms with Crippen LogP contribution in [-0.4, -0.2) is 71.5 Å². The molecule has 0 saturated carbocycles. The zero-order valence-electron chi connectivity index (χ0n) is 11.2. The Hall–Kier alpha value is -1.67. The number of amides is 3. The van der Waals surface area contributed by atoms with Gasteiger partial charge in [0.25, 0.3) is 0 Å². The summed E-state index contributed by atoms with van der Waals surface area (Å²) in [4.78, 5) is 37.9. The molecule has 0 aromatic heterocycles. The molecule has 2 aliphatic rings. The molecular weight excluding hydrogens is 264 g/mol. The zero-order valence-corrected chi connectivity index (χ0v) is 11.2. The SMILES string of the molecule is NC(=O)CN1CC2(CCCN(C(=O)[C@@H](N)CO)C2)C1=O. The Bertz CT molecular complexity index is 441. The first-order valence-electron chi connectivity index (χ1n) is 6.62. The van der Waals surface area contributed by atoms with E-state index in [0.29, 0.717) is 32.5 Å². The molecule has 8 heteroatoms. The number of β-lactam (4-membered cyclic amide) rings is 1. The number of hydrogen-bond donors (Lipinski definition) is 3. The second kappa shape index (κ2) is 5.37. The Balaban J connectivity index is 2.00. The lowest BCUT2D eigenvalue weighted by molar-refractivity contribution is -0.169. The molecule has 3 amide bonds. The summed E-state index contributed by atoms with van der Waals surface area (Å²) in [6.45, 7) is 0.784. The van der Waals surface area contributed by atoms with E-state index in [4.69, 9.17) is 16.6 Å². The molecule has 2 rings (SSSR count). The predicted molar refractivity (Wildman–Crippen MR) is 69.1 cm³/mol. The van der Waals surface area contributed by atoms with Gasteiger partial charge in [0.05, 0.1) is 18.6 Å². The average Bonchev–Trinajstić information content (AvgIpc) is 2.44. The van der Waals surface area contributed by atoms with Gasteiger partial charge in [-0.15, -0.1) is 0 Å². The van der Waals surface area contributed by atoms with Gasteiger partial charge >= 0.3 is 0 Å². The molecule has 8 nitrogen and oxygen atoms in total. The second-order valence-electron chi connectivity index (χ2n) is 5.56. The normalized spacial score (nSPS) is 27.4. The summed E-state index contributed by atoms with van der Waals surface area (Å²) >= 11 is 0. The standard InChI is InChI=1S/C12H20N4O4/c13-8(5-17)10(19)15-3-1-2-12(6-15)7-16(11(12)20)4-9(14)18/h8,17H,1-7,13H2,(H2,14,18)/t8-,12?/m0/s1. The monoisotopic (exact) mass is 284 g/mol. The fourth-order valence-corrected chi connectivity index (χ4v) is 3.00. The fourth-order valence-electron chi connectivity index (χ4n) is 3.00. The van der Waals surface area contributed by atoms with Crippen molar-refractivity contribution in [1.82, 2.24) is 9.80 Å². The minimum atomic E-state index is -0.943. The molecule has 2 fully saturated rings. The third-order valence-electron chi connectivity index (χ3n) is 3.98. The van der Waals surface area contributed by atoms with E-state index >= 15 is 0 Å². The number of carbonyl (C=O) groups excluding carboxylic acids is 3. The average molecular weight is 284 g/mol. The van der Waals surface area contributed by atoms with Crippen LogP contribution in [0.1, 0.15) is 12.8 Å². The van der Waals surface area contributed by atoms with Crippen molar-refractivity contribution in [3.05, 3.63) is 0 Å². The highest BCUT2D eigenvalue weighted by molar-refractivity contribution is 5.93. The maximum Gasteiger partial charge on any atom is 0.241 e. The van der Waals surface area contributed by atoms with Gasteiger partial charge in [-0.25, -0.2) is 0 Å². The molecule has 112 valence electrons. The molecule has 1 unspecified atom stereocenters. The first kappa shape index (κ1) is 14.7. The van der Waals surface area contributed by atoms with Crippen molar-refractivity contribution in [1.29, 1.82) is 0 Å². The molecule has 5 N–H and O–H groups in total. The summed E-state index contributed by atoms with van der Waals surface area (Å²) in [7, 11) is 0. The van der Waals surface area contributed by atoms with Crippen LogP contribution >= 0.6 is 0 Å². The van der Waals surface area contributed by atoms with Gasteiger partial charge in [0.1, 0.15) is 6.04 Å². The molecule has 2 aliphatic heterocycles. The van der Waals surface area contributed by atoms with Crippen molar-refractivity contribution in [3.8, 4) is 0 Å². The van der Waals surface area contributed by atoms with E-state index in [0.717, 1.165) is 0 Å². The molecule has 0 aromatic carbocycles. The highest BCUT2D eigenvalue weighted by Gasteiger charge is 2.54. The number of carbonyl (C=O) groups is 3. The Labute approximate surface area is 116 Å². The van der Waals surface area contributed by atoms with E-state index in [-0.39, 0.29) is 18.4 Å². The Morgan fingerprint density at radius 1 is 1.40 bits per heavy atom. The Kier molecular flexibility index (Phi) is 3.96. The number of nitrogens with zero attached hydrogens (tertiary/aromatic N) is 2. The smallest absolute Gasteiger partial charge is 0.241 e. The number of aliphatic hydroxyl groups is 1. The minimum absolute atomic E-state index is 0.0787. The van der Waals surface area contributed by atoms with Gasteiger partial charge in [-0.3, -0.25) is 14.4 Å². The molecular formula is C12H20N4O4. The number of aliphatic hydroxyl groups excluding tert-OH is 1. The zero-order chi connectivity index (χ0) is 14.9. The lowest BCUT2D eigenvalue weighted by atomic mass is 9.72. The molecule has 2 saturated heterocycles. The van der Waals surface area contributed by atoms with Crippen molar-refractivity contribution in [3.63, 3.8) is 0 Å². The number of rotatable bonds is 4. The van der Waals surface area contributed by atoms with Gasteiger partial charge in [-0.1, -0.05) is 0 Å². The van der Waals surface area contributed by atoms with Gasteiger partial charge in [-0.2, -0.15) is 0 Å². The number of primary amides is 1. The van der Waals surface area contributed by atoms with Crippen LogP contribution < -0.4 is 11.5 Å². The maximum absolute atomic E-state index is 12.2. The molecule has 0 radical (unpaired) electrons. The Morgan fingerprint density at radius 2 is 2.10 bits per heavy atom. The fraction of sp³-hybridized carbons (Fsp3) is 0.750. The minimum Gasteiger partial charge on any atom is -0.394 e. The van der Waals surface area contributed by atoms with E-state index in [1.807, 2.05) is 0 Å². The van der Waals surface area contributed by atoms with Crippen LogP contribution in [0.4, 0.5) is 0 Å². The molecule has 0 aliphatic carbocycles. The van der Waals surface area contributed by atoms with E-state index in [2.05, 4.69) is 0 Å². The van der Waals surface area contributed by atoms with Crippen molar-refractivity contribution in [2.75, 3.05) is 32.8 Å². The van der Waals surface area contributed by atoms with Crippen LogP contribution in [0.3, 0.4) is 0 Å². The van der Waals surface area contributed by atoms with E-state index in [1.54, 1.807) is 0 Å². The summed E-state index contributed by atoms with van der Waals surface area (Å²) in [5, 5.41) is 8.93. The first-order chi connectivity index (χ1) is 9.39. The topological polar surface area (TPSA) is 130 Å². The second-order valence-corrected chi connectivity index (χ2v) is 5.56. The highest BCUT2D eigenvalue weighted by atomic mass is 16.3. The number of hydrogen-bond acceptors (Lipinski definition) is 5. The van der Waals surface area contributed by atoms with Gasteiger partial charge in [0, 0.05) is 19.6 Å². The van der Waals surface area contributed by atoms with Crippen LogP contribution in [0.15, 0.2) is 0 Å². The highest BCUT2D eigenvalue weighted by Crippen LogP contribution is 2.40. The molecule has 2 atom stereocenters. The molecule has 20 heavy (non-hydrogen) atoms. The van der Waals surface area contributed by atoms with Gasteiger partial charge < -0.3 is 26.4 Å². The van der Waals surface area contributed by atoms with Gasteiger partial charge in [0.15, 0.2) is 0 Å². The van der Waals surface area contributed by atoms with Crippen LogP contribution in [0.5, 0.6) is 0 Å². The maximum atomic E-state index is 12.2. The predicted octanol–water partition coefficient (Wildman–Crippen LogP) is -2.76. The van der Waals surface area contributed by atoms with Crippen LogP contribution in [-0.2, 0) is 14.4 Å². The van der Waals surface area contributed by atoms with E-state index in [1.165, 1.54) is 9.80 Å². The van der Waals surface area contributed by atoms with Crippen molar-refractivity contribution in [2.24, 2.45) is 16.9 Å². The van der Waals surface area contributed by atoms with Crippen LogP contribution in [0, 0.1) is 5.41 Å². The van der Waals surface area contributed by atoms with E-state index in [9.17, 15) is 14.4 Å². The summed E-state index contributed by atoms with van der Waals surface area (Å²) < 4.78 is 0. The quantitative estimate of drug-likeness (QED) is 0.482. The molecule has 2 heterocycles. The number of piperidine rings is 1. The third-order valence-corrected chi connectivity index (χ3v) is 3.98. The Morgan fingerprint density at radius 3 is 2.65 bits per heavy atom. The van der Waals surface area contributed by atoms with Crippen LogP contribution in [0.25, 0.3) is 0 Å². The van der Waals surface area contributed by atoms with Crippen molar-refractivity contribution in [2.45, 2.75) is 18.9 Å². The van der Waals surface area contributed by atoms with E-state index < -0.39 is 24.0 Å². The lowest BCUT2D eigenvalue weighted by Crippen LogP contribution is -2.69. The number of nitrogens with two attached hydrogens (primary N) is 2. The van der Waals surface area contributed by atoms with Crippen molar-refractivity contribution < 1.29 is 19.5 Å². The summed E-state index contributed by atoms with van der Waals surface area (Å²) in [6.07, 6.45) is 1.40. The summed E-state index contributed by atoms with van der Waals surface area (Å²) in [6, 6.07) is -0.943. The van der Waals surface area contributed by atoms with Gasteiger partial charge in [0.2, 0.25) is 17.7 Å². The third kappa shape index (κ3) is 2.48. The largest absolute Gasteiger partial charge is 0.394 e. The summed E-state index contributed by atoms with van der Waals surface area (Å²) in [5.74, 6) is -1.02. The van der Waals surface area contributed by atoms with Crippen LogP contribution in [0.2, 0.25) is 0 Å². The van der Waals surface area contributed by atoms with Crippen molar-refractivity contribution >= 4 is 17.7 Å². The molecule has 1 spiro atoms. The molecule has 0 aromatic rings.